The molecular formula is C118H98N10O6. The maximum atomic E-state index is 11.2. The summed E-state index contributed by atoms with van der Waals surface area (Å²) >= 11 is 0. The summed E-state index contributed by atoms with van der Waals surface area (Å²) in [4.78, 5) is 38.8. The predicted molar refractivity (Wildman–Crippen MR) is 559 cm³/mol. The smallest absolute Gasteiger partial charge is 0.271 e. The van der Waals surface area contributed by atoms with Gasteiger partial charge in [0.1, 0.15) is 11.5 Å². The molecule has 0 unspecified atom stereocenters. The van der Waals surface area contributed by atoms with E-state index in [0.717, 1.165) is 125 Å². The van der Waals surface area contributed by atoms with Crippen LogP contribution >= 0.6 is 0 Å². The lowest BCUT2D eigenvalue weighted by molar-refractivity contribution is -0.385. The number of hydrogen-bond donors (Lipinski definition) is 0. The van der Waals surface area contributed by atoms with Gasteiger partial charge in [-0.05, 0) is 246 Å². The summed E-state index contributed by atoms with van der Waals surface area (Å²) in [6.45, 7) is 0. The van der Waals surface area contributed by atoms with Crippen LogP contribution < -0.4 is 48.7 Å². The predicted octanol–water partition coefficient (Wildman–Crippen LogP) is 32.1. The molecule has 0 aliphatic heterocycles. The van der Waals surface area contributed by atoms with E-state index in [0.29, 0.717) is 0 Å². The van der Waals surface area contributed by atoms with E-state index in [2.05, 4.69) is 401 Å². The summed E-state index contributed by atoms with van der Waals surface area (Å²) in [6, 6.07) is 165. The van der Waals surface area contributed by atoms with Crippen LogP contribution in [0.5, 0.6) is 11.5 Å². The van der Waals surface area contributed by atoms with Gasteiger partial charge in [-0.25, -0.2) is 0 Å². The number of anilines is 20. The van der Waals surface area contributed by atoms with Crippen LogP contribution in [0.15, 0.2) is 485 Å². The van der Waals surface area contributed by atoms with E-state index in [1.54, 1.807) is 38.5 Å². The van der Waals surface area contributed by atoms with Gasteiger partial charge in [0, 0.05) is 171 Å². The van der Waals surface area contributed by atoms with Crippen molar-refractivity contribution in [2.45, 2.75) is 0 Å². The molecule has 0 N–H and O–H groups in total. The third-order valence-electron chi connectivity index (χ3n) is 23.8. The largest absolute Gasteiger partial charge is 0.497 e. The van der Waals surface area contributed by atoms with Gasteiger partial charge in [0.15, 0.2) is 0 Å². The molecule has 134 heavy (non-hydrogen) atoms. The van der Waals surface area contributed by atoms with Crippen molar-refractivity contribution in [3.05, 3.63) is 506 Å². The minimum absolute atomic E-state index is 0.0761. The zero-order chi connectivity index (χ0) is 92.2. The molecule has 16 heteroatoms. The fraction of sp³-hybridized carbons (Fsp3) is 0.0508. The molecule has 0 fully saturated rings. The number of para-hydroxylation sites is 4. The van der Waals surface area contributed by atoms with Gasteiger partial charge < -0.3 is 48.7 Å². The summed E-state index contributed by atoms with van der Waals surface area (Å²) in [5, 5.41) is 31.8. The Morgan fingerprint density at radius 1 is 0.187 bits per heavy atom. The number of nitro groups is 2. The number of hydrogen-bond acceptors (Lipinski definition) is 14. The lowest BCUT2D eigenvalue weighted by Crippen LogP contribution is -2.12. The van der Waals surface area contributed by atoms with E-state index in [1.165, 1.54) is 61.3 Å². The highest BCUT2D eigenvalue weighted by molar-refractivity contribution is 6.03. The first-order valence-electron chi connectivity index (χ1n) is 44.2. The Hall–Kier alpha value is -17.8. The summed E-state index contributed by atoms with van der Waals surface area (Å²) in [7, 11) is 11.4. The molecule has 656 valence electrons. The Balaban J connectivity index is 0.000000124. The van der Waals surface area contributed by atoms with Crippen molar-refractivity contribution in [3.63, 3.8) is 0 Å². The number of methoxy groups -OCH3 is 2. The van der Waals surface area contributed by atoms with Gasteiger partial charge in [0.2, 0.25) is 0 Å². The molecule has 0 heterocycles. The van der Waals surface area contributed by atoms with E-state index < -0.39 is 0 Å². The Labute approximate surface area is 781 Å². The molecule has 20 aromatic rings. The average molecular weight is 1750 g/mol. The quantitative estimate of drug-likeness (QED) is 0.0420. The van der Waals surface area contributed by atoms with Crippen molar-refractivity contribution in [2.24, 2.45) is 0 Å². The van der Waals surface area contributed by atoms with Gasteiger partial charge in [-0.1, -0.05) is 231 Å². The topological polar surface area (TPSA) is 131 Å². The van der Waals surface area contributed by atoms with E-state index in [1.807, 2.05) is 109 Å². The Bertz CT molecular complexity index is 7340. The molecule has 0 aliphatic rings. The Morgan fingerprint density at radius 3 is 0.679 bits per heavy atom. The van der Waals surface area contributed by atoms with Crippen LogP contribution in [-0.4, -0.2) is 52.3 Å². The van der Waals surface area contributed by atoms with E-state index in [-0.39, 0.29) is 21.2 Å². The minimum atomic E-state index is -0.385. The number of benzene rings is 20. The molecule has 16 nitrogen and oxygen atoms in total. The maximum Gasteiger partial charge on any atom is 0.271 e. The second-order valence-electron chi connectivity index (χ2n) is 31.9. The van der Waals surface area contributed by atoms with Crippen LogP contribution in [0.25, 0.3) is 43.1 Å². The number of fused-ring (bicyclic) bond motifs is 4. The van der Waals surface area contributed by atoms with Gasteiger partial charge >= 0.3 is 0 Å². The number of non-ortho nitro benzene ring substituents is 2. The first kappa shape index (κ1) is 88.3. The Kier molecular flexibility index (Phi) is 27.4. The molecular weight excluding hydrogens is 1650 g/mol. The van der Waals surface area contributed by atoms with Crippen LogP contribution in [0.3, 0.4) is 0 Å². The molecule has 0 aromatic heterocycles. The zero-order valence-corrected chi connectivity index (χ0v) is 75.1. The van der Waals surface area contributed by atoms with Gasteiger partial charge in [0.25, 0.3) is 11.4 Å². The summed E-state index contributed by atoms with van der Waals surface area (Å²) in [5.41, 5.74) is 21.4. The standard InChI is InChI=1S/2C30H26N2O.2C29H23N3O2/c1-31(27-14-9-15-28(22-27)33-2)24-18-20-26(21-19-24)32(25-12-4-3-5-13-25)30-17-8-11-23-10-6-7-16-29(23)30;1-31(25-19-21-28(33-2)22-20-25)24-15-17-27(18-16-24)32(26-11-4-3-5-12-26)30-14-8-10-23-9-6-7-13-29(23)30;1-30(26-13-8-14-27(21-26)32(33)34)23-17-19-25(20-18-23)31(24-11-3-2-4-12-24)29-16-7-10-22-9-5-6-15-28(22)29;1-30(24-16-20-27(21-17-24)32(33)34)23-14-18-26(19-15-23)31(25-10-3-2-4-11-25)29-13-7-9-22-8-5-6-12-28(22)29/h2*3-22H,1-2H3;2*2-21H,1H3. The van der Waals surface area contributed by atoms with Crippen LogP contribution in [-0.2, 0) is 0 Å². The molecule has 0 atom stereocenters. The molecule has 0 aliphatic carbocycles. The van der Waals surface area contributed by atoms with Crippen LogP contribution in [0.1, 0.15) is 0 Å². The molecule has 0 saturated heterocycles. The van der Waals surface area contributed by atoms with Crippen molar-refractivity contribution in [1.82, 2.24) is 0 Å². The number of nitro benzene ring substituents is 2. The summed E-state index contributed by atoms with van der Waals surface area (Å²) in [6.07, 6.45) is 0. The fourth-order valence-corrected chi connectivity index (χ4v) is 16.8. The lowest BCUT2D eigenvalue weighted by atomic mass is 10.1. The molecule has 0 radical (unpaired) electrons. The SMILES string of the molecule is CN(c1ccc(N(c2ccccc2)c2cccc3ccccc23)cc1)c1ccc([N+](=O)[O-])cc1.CN(c1ccc(N(c2ccccc2)c2cccc3ccccc23)cc1)c1cccc([N+](=O)[O-])c1.COc1ccc(N(C)c2ccc(N(c3ccccc3)c3cccc4ccccc34)cc2)cc1.COc1cccc(N(C)c2ccc(N(c3ccccc3)c3cccc4ccccc34)cc2)c1. The monoisotopic (exact) mass is 1750 g/mol. The van der Waals surface area contributed by atoms with E-state index in [4.69, 9.17) is 9.47 Å². The van der Waals surface area contributed by atoms with Crippen molar-refractivity contribution in [2.75, 3.05) is 81.6 Å². The normalized spacial score (nSPS) is 10.7. The highest BCUT2D eigenvalue weighted by atomic mass is 16.6. The van der Waals surface area contributed by atoms with Gasteiger partial charge in [-0.15, -0.1) is 0 Å². The van der Waals surface area contributed by atoms with Gasteiger partial charge in [0.05, 0.1) is 46.8 Å². The van der Waals surface area contributed by atoms with Crippen LogP contribution in [0, 0.1) is 20.2 Å². The highest BCUT2D eigenvalue weighted by Gasteiger charge is 2.23. The molecule has 0 spiro atoms. The van der Waals surface area contributed by atoms with E-state index >= 15 is 0 Å². The van der Waals surface area contributed by atoms with E-state index in [9.17, 15) is 20.2 Å². The average Bonchev–Trinajstić information content (AvgIpc) is 0.789. The van der Waals surface area contributed by atoms with Crippen molar-refractivity contribution < 1.29 is 19.3 Å². The van der Waals surface area contributed by atoms with Crippen LogP contribution in [0.4, 0.5) is 125 Å². The van der Waals surface area contributed by atoms with Crippen molar-refractivity contribution >= 4 is 168 Å². The lowest BCUT2D eigenvalue weighted by Gasteiger charge is -2.28. The first-order valence-corrected chi connectivity index (χ1v) is 44.2. The molecule has 0 amide bonds. The number of nitrogens with zero attached hydrogens (tertiary/aromatic N) is 10. The molecule has 0 saturated carbocycles. The summed E-state index contributed by atoms with van der Waals surface area (Å²) in [5.74, 6) is 1.71. The second kappa shape index (κ2) is 41.6. The zero-order valence-electron chi connectivity index (χ0n) is 75.1. The second-order valence-corrected chi connectivity index (χ2v) is 31.9. The van der Waals surface area contributed by atoms with Crippen molar-refractivity contribution in [1.29, 1.82) is 0 Å². The van der Waals surface area contributed by atoms with Gasteiger partial charge in [-0.3, -0.25) is 20.2 Å². The molecule has 20 aromatic carbocycles. The molecule has 0 bridgehead atoms. The minimum Gasteiger partial charge on any atom is -0.497 e. The summed E-state index contributed by atoms with van der Waals surface area (Å²) < 4.78 is 10.7. The van der Waals surface area contributed by atoms with Crippen LogP contribution in [0.2, 0.25) is 0 Å². The molecule has 20 rings (SSSR count). The number of ether oxygens (including phenoxy) is 2. The third kappa shape index (κ3) is 20.1. The van der Waals surface area contributed by atoms with Crippen molar-refractivity contribution in [3.8, 4) is 11.5 Å². The van der Waals surface area contributed by atoms with Gasteiger partial charge in [-0.2, -0.15) is 0 Å². The highest BCUT2D eigenvalue weighted by Crippen LogP contribution is 2.46. The first-order chi connectivity index (χ1) is 65.7. The maximum absolute atomic E-state index is 11.2. The third-order valence-corrected chi connectivity index (χ3v) is 23.8. The Morgan fingerprint density at radius 2 is 0.396 bits per heavy atom. The fourth-order valence-electron chi connectivity index (χ4n) is 16.8. The number of rotatable bonds is 24.